The Hall–Kier alpha value is -1.50. The molecule has 1 aliphatic carbocycles. The molecule has 2 aromatic carbocycles. The second kappa shape index (κ2) is 7.50. The van der Waals surface area contributed by atoms with Crippen molar-refractivity contribution in [3.8, 4) is 0 Å². The Labute approximate surface area is 193 Å². The third-order valence-electron chi connectivity index (χ3n) is 7.51. The molecule has 4 nitrogen and oxygen atoms in total. The summed E-state index contributed by atoms with van der Waals surface area (Å²) in [5.41, 5.74) is -0.312. The van der Waals surface area contributed by atoms with E-state index in [9.17, 15) is 0 Å². The van der Waals surface area contributed by atoms with Crippen LogP contribution in [0.15, 0.2) is 60.7 Å². The van der Waals surface area contributed by atoms with Gasteiger partial charge < -0.3 is 18.6 Å². The Balaban J connectivity index is 1.66. The normalized spacial score (nSPS) is 33.4. The van der Waals surface area contributed by atoms with Crippen LogP contribution < -0.4 is 10.4 Å². The molecule has 5 atom stereocenters. The second-order valence-electron chi connectivity index (χ2n) is 11.1. The molecule has 3 aliphatic rings. The summed E-state index contributed by atoms with van der Waals surface area (Å²) in [4.78, 5) is 0. The molecule has 0 aromatic heterocycles. The Kier molecular flexibility index (Phi) is 5.23. The van der Waals surface area contributed by atoms with Gasteiger partial charge in [0.2, 0.25) is 0 Å². The quantitative estimate of drug-likeness (QED) is 0.621. The van der Waals surface area contributed by atoms with Gasteiger partial charge in [-0.05, 0) is 41.6 Å². The minimum absolute atomic E-state index is 0.0967. The van der Waals surface area contributed by atoms with Crippen LogP contribution in [-0.2, 0) is 18.6 Å². The van der Waals surface area contributed by atoms with Crippen LogP contribution in [0, 0.1) is 5.92 Å². The van der Waals surface area contributed by atoms with Gasteiger partial charge in [0.05, 0.1) is 0 Å². The summed E-state index contributed by atoms with van der Waals surface area (Å²) >= 11 is 0. The summed E-state index contributed by atoms with van der Waals surface area (Å²) in [6.45, 7) is 13.1. The summed E-state index contributed by atoms with van der Waals surface area (Å²) in [7, 11) is -2.73. The molecule has 0 bridgehead atoms. The van der Waals surface area contributed by atoms with E-state index in [2.05, 4.69) is 88.4 Å². The van der Waals surface area contributed by atoms with E-state index in [1.165, 1.54) is 10.4 Å². The molecule has 0 radical (unpaired) electrons. The number of hydrogen-bond acceptors (Lipinski definition) is 4. The van der Waals surface area contributed by atoms with E-state index < -0.39 is 14.1 Å². The Morgan fingerprint density at radius 3 is 1.94 bits per heavy atom. The van der Waals surface area contributed by atoms with E-state index in [0.717, 1.165) is 12.8 Å². The maximum absolute atomic E-state index is 7.56. The highest BCUT2D eigenvalue weighted by atomic mass is 28.4. The number of benzene rings is 2. The lowest BCUT2D eigenvalue weighted by Crippen LogP contribution is -2.69. The minimum atomic E-state index is -2.73. The highest BCUT2D eigenvalue weighted by molar-refractivity contribution is 6.99. The lowest BCUT2D eigenvalue weighted by molar-refractivity contribution is -0.221. The van der Waals surface area contributed by atoms with Crippen LogP contribution in [0.2, 0.25) is 5.04 Å². The van der Waals surface area contributed by atoms with E-state index in [1.807, 2.05) is 13.8 Å². The maximum Gasteiger partial charge on any atom is 0.261 e. The fraction of sp³-hybridized carbons (Fsp3) is 0.556. The zero-order valence-electron chi connectivity index (χ0n) is 20.1. The molecule has 1 unspecified atom stereocenters. The minimum Gasteiger partial charge on any atom is -0.399 e. The van der Waals surface area contributed by atoms with Crippen LogP contribution >= 0.6 is 0 Å². The molecule has 2 aliphatic heterocycles. The highest BCUT2D eigenvalue weighted by Crippen LogP contribution is 2.61. The molecule has 1 spiro atoms. The third-order valence-corrected chi connectivity index (χ3v) is 12.5. The molecule has 2 heterocycles. The molecular formula is C27H36O4Si. The van der Waals surface area contributed by atoms with Gasteiger partial charge in [0.15, 0.2) is 12.1 Å². The van der Waals surface area contributed by atoms with E-state index in [1.54, 1.807) is 0 Å². The first-order chi connectivity index (χ1) is 15.1. The van der Waals surface area contributed by atoms with E-state index in [0.29, 0.717) is 5.92 Å². The third kappa shape index (κ3) is 3.33. The van der Waals surface area contributed by atoms with Crippen molar-refractivity contribution in [2.75, 3.05) is 0 Å². The van der Waals surface area contributed by atoms with Crippen molar-refractivity contribution < 1.29 is 18.6 Å². The summed E-state index contributed by atoms with van der Waals surface area (Å²) in [6.07, 6.45) is 1.33. The Morgan fingerprint density at radius 2 is 1.47 bits per heavy atom. The van der Waals surface area contributed by atoms with Gasteiger partial charge >= 0.3 is 0 Å². The van der Waals surface area contributed by atoms with Crippen molar-refractivity contribution in [1.82, 2.24) is 0 Å². The summed E-state index contributed by atoms with van der Waals surface area (Å²) in [5.74, 6) is -0.188. The fourth-order valence-corrected chi connectivity index (χ4v) is 10.7. The zero-order chi connectivity index (χ0) is 22.8. The van der Waals surface area contributed by atoms with Crippen LogP contribution in [0.1, 0.15) is 54.4 Å². The first kappa shape index (κ1) is 22.3. The van der Waals surface area contributed by atoms with Crippen molar-refractivity contribution in [2.24, 2.45) is 5.92 Å². The van der Waals surface area contributed by atoms with Gasteiger partial charge in [0.25, 0.3) is 8.32 Å². The summed E-state index contributed by atoms with van der Waals surface area (Å²) < 4.78 is 26.8. The molecular weight excluding hydrogens is 416 g/mol. The topological polar surface area (TPSA) is 36.9 Å². The van der Waals surface area contributed by atoms with E-state index in [-0.39, 0.29) is 29.1 Å². The summed E-state index contributed by atoms with van der Waals surface area (Å²) in [5, 5.41) is 2.47. The average Bonchev–Trinajstić information content (AvgIpc) is 3.28. The number of rotatable bonds is 5. The molecule has 172 valence electrons. The Morgan fingerprint density at radius 1 is 0.906 bits per heavy atom. The molecule has 0 N–H and O–H groups in total. The zero-order valence-corrected chi connectivity index (χ0v) is 21.1. The molecule has 2 aromatic rings. The van der Waals surface area contributed by atoms with Crippen molar-refractivity contribution in [3.05, 3.63) is 60.7 Å². The molecule has 5 heteroatoms. The highest BCUT2D eigenvalue weighted by Gasteiger charge is 2.73. The van der Waals surface area contributed by atoms with E-state index in [4.69, 9.17) is 18.6 Å². The molecule has 5 rings (SSSR count). The van der Waals surface area contributed by atoms with E-state index >= 15 is 0 Å². The fourth-order valence-electron chi connectivity index (χ4n) is 5.97. The first-order valence-corrected chi connectivity index (χ1v) is 13.9. The van der Waals surface area contributed by atoms with Crippen LogP contribution in [-0.4, -0.2) is 38.2 Å². The van der Waals surface area contributed by atoms with Gasteiger partial charge in [0.1, 0.15) is 17.8 Å². The van der Waals surface area contributed by atoms with Crippen molar-refractivity contribution in [3.63, 3.8) is 0 Å². The standard InChI is InChI=1S/C27H36O4Si/c1-7-19-18-27(19)23(22-24(30-27)29-26(5,6)28-22)31-32(25(2,3)4,20-14-10-8-11-15-20)21-16-12-9-13-17-21/h8-17,19,22-24H,7,18H2,1-6H3/t19-,22?,23-,24+,27-/m1/s1. The molecule has 2 saturated heterocycles. The molecule has 0 amide bonds. The molecule has 32 heavy (non-hydrogen) atoms. The van der Waals surface area contributed by atoms with Crippen molar-refractivity contribution in [1.29, 1.82) is 0 Å². The van der Waals surface area contributed by atoms with Gasteiger partial charge in [-0.3, -0.25) is 0 Å². The summed E-state index contributed by atoms with van der Waals surface area (Å²) in [6, 6.07) is 21.6. The lowest BCUT2D eigenvalue weighted by Gasteiger charge is -2.46. The van der Waals surface area contributed by atoms with Gasteiger partial charge in [-0.25, -0.2) is 0 Å². The van der Waals surface area contributed by atoms with Gasteiger partial charge in [-0.2, -0.15) is 0 Å². The van der Waals surface area contributed by atoms with Gasteiger partial charge in [-0.1, -0.05) is 94.8 Å². The predicted molar refractivity (Wildman–Crippen MR) is 129 cm³/mol. The second-order valence-corrected chi connectivity index (χ2v) is 15.3. The van der Waals surface area contributed by atoms with Crippen LogP contribution in [0.4, 0.5) is 0 Å². The largest absolute Gasteiger partial charge is 0.399 e. The molecule has 1 saturated carbocycles. The molecule has 3 fully saturated rings. The van der Waals surface area contributed by atoms with Crippen molar-refractivity contribution >= 4 is 18.7 Å². The lowest BCUT2D eigenvalue weighted by atomic mass is 10.1. The predicted octanol–water partition coefficient (Wildman–Crippen LogP) is 4.61. The number of ether oxygens (including phenoxy) is 3. The maximum atomic E-state index is 7.56. The SMILES string of the molecule is CC[C@@H]1C[C@@]12O[C@@H]1OC(C)(C)OC1[C@H]2O[Si](c1ccccc1)(c1ccccc1)C(C)(C)C. The van der Waals surface area contributed by atoms with Crippen LogP contribution in [0.5, 0.6) is 0 Å². The first-order valence-electron chi connectivity index (χ1n) is 12.0. The Bertz CT molecular complexity index is 915. The van der Waals surface area contributed by atoms with Crippen LogP contribution in [0.3, 0.4) is 0 Å². The average molecular weight is 453 g/mol. The number of hydrogen-bond donors (Lipinski definition) is 0. The van der Waals surface area contributed by atoms with Crippen LogP contribution in [0.25, 0.3) is 0 Å². The van der Waals surface area contributed by atoms with Crippen molar-refractivity contribution in [2.45, 2.75) is 89.3 Å². The monoisotopic (exact) mass is 452 g/mol. The smallest absolute Gasteiger partial charge is 0.261 e. The van der Waals surface area contributed by atoms with Gasteiger partial charge in [0, 0.05) is 0 Å². The number of fused-ring (bicyclic) bond motifs is 1. The van der Waals surface area contributed by atoms with Gasteiger partial charge in [-0.15, -0.1) is 0 Å².